The minimum Gasteiger partial charge on any atom is -0.491 e. The van der Waals surface area contributed by atoms with Crippen LogP contribution >= 0.6 is 11.8 Å². The number of hydrogen-bond donors (Lipinski definition) is 2. The van der Waals surface area contributed by atoms with Gasteiger partial charge in [0.2, 0.25) is 0 Å². The van der Waals surface area contributed by atoms with Crippen molar-refractivity contribution < 1.29 is 27.8 Å². The van der Waals surface area contributed by atoms with Gasteiger partial charge in [0, 0.05) is 0 Å². The summed E-state index contributed by atoms with van der Waals surface area (Å²) in [4.78, 5) is 4.32. The number of benzene rings is 2. The van der Waals surface area contributed by atoms with Crippen molar-refractivity contribution in [3.63, 3.8) is 0 Å². The number of rotatable bonds is 10. The number of aliphatic hydroxyl groups is 1. The molecule has 3 rings (SSSR count). The molecule has 1 heterocycles. The van der Waals surface area contributed by atoms with Gasteiger partial charge in [-0.15, -0.1) is 0 Å². The average Bonchev–Trinajstić information content (AvgIpc) is 3.27. The van der Waals surface area contributed by atoms with Gasteiger partial charge in [0.25, 0.3) is 0 Å². The third-order valence-corrected chi connectivity index (χ3v) is 6.54. The van der Waals surface area contributed by atoms with Crippen LogP contribution in [0.25, 0.3) is 0 Å². The van der Waals surface area contributed by atoms with Gasteiger partial charge in [-0.2, -0.15) is 13.2 Å². The van der Waals surface area contributed by atoms with E-state index in [9.17, 15) is 18.3 Å². The first-order valence-electron chi connectivity index (χ1n) is 10.3. The van der Waals surface area contributed by atoms with Gasteiger partial charge >= 0.3 is 6.18 Å². The zero-order chi connectivity index (χ0) is 23.2. The first-order chi connectivity index (χ1) is 15.2. The summed E-state index contributed by atoms with van der Waals surface area (Å²) in [7, 11) is 0. The van der Waals surface area contributed by atoms with Gasteiger partial charge in [-0.1, -0.05) is 48.2 Å². The lowest BCUT2D eigenvalue weighted by Crippen LogP contribution is -2.46. The molecule has 0 spiro atoms. The van der Waals surface area contributed by atoms with Gasteiger partial charge in [-0.3, -0.25) is 4.99 Å². The molecule has 5 nitrogen and oxygen atoms in total. The van der Waals surface area contributed by atoms with Crippen LogP contribution in [-0.2, 0) is 17.3 Å². The quantitative estimate of drug-likeness (QED) is 0.510. The molecule has 2 aromatic carbocycles. The number of aliphatic imine (C=N–C) groups is 1. The average molecular weight is 469 g/mol. The third kappa shape index (κ3) is 6.48. The molecule has 0 saturated heterocycles. The van der Waals surface area contributed by atoms with E-state index in [1.807, 2.05) is 30.3 Å². The first-order valence-corrected chi connectivity index (χ1v) is 11.2. The molecule has 9 heteroatoms. The van der Waals surface area contributed by atoms with Crippen LogP contribution < -0.4 is 10.5 Å². The largest absolute Gasteiger partial charge is 0.491 e. The molecule has 32 heavy (non-hydrogen) atoms. The summed E-state index contributed by atoms with van der Waals surface area (Å²) in [6, 6.07) is 13.9. The van der Waals surface area contributed by atoms with Crippen LogP contribution in [0.15, 0.2) is 53.5 Å². The second-order valence-corrected chi connectivity index (χ2v) is 8.97. The van der Waals surface area contributed by atoms with E-state index in [0.717, 1.165) is 18.1 Å². The summed E-state index contributed by atoms with van der Waals surface area (Å²) in [6.45, 7) is 2.33. The van der Waals surface area contributed by atoms with Crippen LogP contribution in [0, 0.1) is 0 Å². The van der Waals surface area contributed by atoms with Crippen molar-refractivity contribution in [1.29, 1.82) is 0 Å². The molecule has 174 valence electrons. The monoisotopic (exact) mass is 468 g/mol. The summed E-state index contributed by atoms with van der Waals surface area (Å²) in [5.74, 6) is -0.226. The minimum absolute atomic E-state index is 0.0185. The van der Waals surface area contributed by atoms with E-state index in [4.69, 9.17) is 15.2 Å². The molecule has 0 aromatic heterocycles. The lowest BCUT2D eigenvalue weighted by Gasteiger charge is -2.22. The molecule has 3 N–H and O–H groups in total. The molecule has 0 radical (unpaired) electrons. The predicted molar refractivity (Wildman–Crippen MR) is 120 cm³/mol. The number of alkyl halides is 3. The fraction of sp³-hybridized carbons (Fsp3) is 0.435. The topological polar surface area (TPSA) is 77.1 Å². The molecule has 2 aromatic rings. The van der Waals surface area contributed by atoms with Crippen molar-refractivity contribution in [3.05, 3.63) is 65.2 Å². The van der Waals surface area contributed by atoms with Crippen molar-refractivity contribution in [3.8, 4) is 5.75 Å². The number of ether oxygens (including phenoxy) is 2. The molecule has 1 unspecified atom stereocenters. The van der Waals surface area contributed by atoms with E-state index in [1.165, 1.54) is 17.8 Å². The molecule has 1 aliphatic heterocycles. The Balaban J connectivity index is 1.56. The Morgan fingerprint density at radius 3 is 2.56 bits per heavy atom. The normalized spacial score (nSPS) is 18.3. The van der Waals surface area contributed by atoms with Crippen LogP contribution in [-0.4, -0.2) is 48.7 Å². The smallest absolute Gasteiger partial charge is 0.419 e. The molecule has 0 aliphatic carbocycles. The van der Waals surface area contributed by atoms with Crippen molar-refractivity contribution in [2.24, 2.45) is 10.7 Å². The Labute approximate surface area is 189 Å². The summed E-state index contributed by atoms with van der Waals surface area (Å²) in [6.07, 6.45) is -3.83. The Kier molecular flexibility index (Phi) is 8.21. The maximum Gasteiger partial charge on any atom is 0.419 e. The number of nitrogens with two attached hydrogens (primary N) is 1. The molecule has 1 aliphatic rings. The number of thioether (sulfide) groups is 1. The molecule has 0 bridgehead atoms. The molecule has 2 atom stereocenters. The van der Waals surface area contributed by atoms with Gasteiger partial charge in [-0.25, -0.2) is 0 Å². The van der Waals surface area contributed by atoms with Crippen LogP contribution in [0.4, 0.5) is 13.2 Å². The highest BCUT2D eigenvalue weighted by atomic mass is 32.2. The van der Waals surface area contributed by atoms with Crippen molar-refractivity contribution in [2.75, 3.05) is 33.0 Å². The van der Waals surface area contributed by atoms with E-state index in [2.05, 4.69) is 4.99 Å². The first kappa shape index (κ1) is 24.6. The van der Waals surface area contributed by atoms with E-state index in [1.54, 1.807) is 13.0 Å². The van der Waals surface area contributed by atoms with Crippen molar-refractivity contribution in [1.82, 2.24) is 0 Å². The van der Waals surface area contributed by atoms with Crippen LogP contribution in [0.3, 0.4) is 0 Å². The Morgan fingerprint density at radius 2 is 1.88 bits per heavy atom. The fourth-order valence-corrected chi connectivity index (χ4v) is 4.36. The summed E-state index contributed by atoms with van der Waals surface area (Å²) >= 11 is 1.28. The SMILES string of the molecule is C[C@](N)(CO)C1=NCC(c2ccc(OCCOCCc3ccccc3)c(C(F)(F)F)c2)S1. The highest BCUT2D eigenvalue weighted by molar-refractivity contribution is 8.14. The zero-order valence-corrected chi connectivity index (χ0v) is 18.6. The zero-order valence-electron chi connectivity index (χ0n) is 17.8. The number of aliphatic hydroxyl groups excluding tert-OH is 1. The van der Waals surface area contributed by atoms with Gasteiger partial charge in [-0.05, 0) is 36.6 Å². The Bertz CT molecular complexity index is 920. The molecular weight excluding hydrogens is 441 g/mol. The molecular formula is C23H27F3N2O3S. The lowest BCUT2D eigenvalue weighted by molar-refractivity contribution is -0.139. The second kappa shape index (κ2) is 10.7. The van der Waals surface area contributed by atoms with Gasteiger partial charge in [0.05, 0.1) is 47.8 Å². The Hall–Kier alpha value is -2.07. The number of hydrogen-bond acceptors (Lipinski definition) is 6. The van der Waals surface area contributed by atoms with Gasteiger partial charge < -0.3 is 20.3 Å². The Morgan fingerprint density at radius 1 is 1.12 bits per heavy atom. The molecule has 0 amide bonds. The van der Waals surface area contributed by atoms with E-state index in [0.29, 0.717) is 23.8 Å². The molecule has 0 saturated carbocycles. The lowest BCUT2D eigenvalue weighted by atomic mass is 10.1. The van der Waals surface area contributed by atoms with Crippen LogP contribution in [0.2, 0.25) is 0 Å². The third-order valence-electron chi connectivity index (χ3n) is 5.02. The van der Waals surface area contributed by atoms with Crippen LogP contribution in [0.1, 0.15) is 28.9 Å². The van der Waals surface area contributed by atoms with Crippen molar-refractivity contribution in [2.45, 2.75) is 30.3 Å². The summed E-state index contributed by atoms with van der Waals surface area (Å²) in [5, 5.41) is 9.64. The highest BCUT2D eigenvalue weighted by Gasteiger charge is 2.37. The van der Waals surface area contributed by atoms with E-state index >= 15 is 0 Å². The minimum atomic E-state index is -4.56. The second-order valence-electron chi connectivity index (χ2n) is 7.78. The maximum absolute atomic E-state index is 13.7. The maximum atomic E-state index is 13.7. The van der Waals surface area contributed by atoms with Gasteiger partial charge in [0.1, 0.15) is 12.4 Å². The summed E-state index contributed by atoms with van der Waals surface area (Å²) in [5.41, 5.74) is 5.78. The van der Waals surface area contributed by atoms with Crippen LogP contribution in [0.5, 0.6) is 5.75 Å². The van der Waals surface area contributed by atoms with E-state index in [-0.39, 0.29) is 30.8 Å². The highest BCUT2D eigenvalue weighted by Crippen LogP contribution is 2.42. The standard InChI is InChI=1S/C23H27F3N2O3S/c1-22(27,15-29)21-28-14-20(32-21)17-7-8-19(18(13-17)23(24,25)26)31-12-11-30-10-9-16-5-3-2-4-6-16/h2-8,13,20,29H,9-12,14-15,27H2,1H3/t20?,22-/m0/s1. The number of halogens is 3. The van der Waals surface area contributed by atoms with Crippen molar-refractivity contribution >= 4 is 16.8 Å². The fourth-order valence-electron chi connectivity index (χ4n) is 3.17. The van der Waals surface area contributed by atoms with E-state index < -0.39 is 17.3 Å². The predicted octanol–water partition coefficient (Wildman–Crippen LogP) is 4.24. The summed E-state index contributed by atoms with van der Waals surface area (Å²) < 4.78 is 51.8. The number of nitrogens with zero attached hydrogens (tertiary/aromatic N) is 1. The van der Waals surface area contributed by atoms with Gasteiger partial charge in [0.15, 0.2) is 0 Å². The molecule has 0 fully saturated rings.